The van der Waals surface area contributed by atoms with Crippen LogP contribution in [-0.2, 0) is 11.3 Å². The number of rotatable bonds is 7. The Labute approximate surface area is 195 Å². The summed E-state index contributed by atoms with van der Waals surface area (Å²) in [5.41, 5.74) is 9.30. The Hall–Kier alpha value is -3.56. The third kappa shape index (κ3) is 4.94. The first-order chi connectivity index (χ1) is 16.0. The molecule has 1 aliphatic heterocycles. The number of ether oxygens (including phenoxy) is 2. The Morgan fingerprint density at radius 2 is 2.18 bits per heavy atom. The van der Waals surface area contributed by atoms with Crippen LogP contribution in [0.15, 0.2) is 26.3 Å². The van der Waals surface area contributed by atoms with Gasteiger partial charge in [-0.1, -0.05) is 5.21 Å². The normalized spacial score (nSPS) is 14.6. The zero-order chi connectivity index (χ0) is 23.4. The minimum Gasteiger partial charge on any atom is -0.503 e. The third-order valence-electron chi connectivity index (χ3n) is 4.78. The second-order valence-corrected chi connectivity index (χ2v) is 7.77. The Morgan fingerprint density at radius 3 is 2.88 bits per heavy atom. The number of morpholine rings is 1. The van der Waals surface area contributed by atoms with Crippen molar-refractivity contribution in [3.05, 3.63) is 33.6 Å². The molecule has 15 heteroatoms. The van der Waals surface area contributed by atoms with E-state index in [9.17, 15) is 9.90 Å². The monoisotopic (exact) mass is 521 g/mol. The van der Waals surface area contributed by atoms with Gasteiger partial charge in [0, 0.05) is 19.6 Å². The molecule has 4 rings (SSSR count). The maximum atomic E-state index is 13.1. The van der Waals surface area contributed by atoms with Crippen molar-refractivity contribution >= 4 is 33.9 Å². The largest absolute Gasteiger partial charge is 0.503 e. The number of anilines is 1. The second-order valence-electron chi connectivity index (χ2n) is 6.91. The Bertz CT molecular complexity index is 1170. The van der Waals surface area contributed by atoms with Crippen LogP contribution >= 0.6 is 15.9 Å². The Morgan fingerprint density at radius 1 is 1.39 bits per heavy atom. The molecule has 33 heavy (non-hydrogen) atoms. The lowest BCUT2D eigenvalue weighted by Crippen LogP contribution is -2.36. The molecule has 0 bridgehead atoms. The fraction of sp³-hybridized carbons (Fsp3) is 0.333. The summed E-state index contributed by atoms with van der Waals surface area (Å²) in [5, 5.41) is 29.3. The van der Waals surface area contributed by atoms with E-state index in [1.165, 1.54) is 13.3 Å². The number of nitrogens with zero attached hydrogens (tertiary/aromatic N) is 7. The number of aromatic hydroxyl groups is 1. The molecule has 4 N–H and O–H groups in total. The van der Waals surface area contributed by atoms with Gasteiger partial charge in [-0.3, -0.25) is 9.69 Å². The van der Waals surface area contributed by atoms with E-state index in [0.717, 1.165) is 4.68 Å². The van der Waals surface area contributed by atoms with Crippen molar-refractivity contribution in [2.24, 2.45) is 5.10 Å². The number of nitrogen functional groups attached to an aromatic ring is 1. The molecule has 174 valence electrons. The molecule has 0 aliphatic carbocycles. The van der Waals surface area contributed by atoms with Crippen LogP contribution in [0.5, 0.6) is 11.5 Å². The van der Waals surface area contributed by atoms with Gasteiger partial charge < -0.3 is 20.3 Å². The van der Waals surface area contributed by atoms with Crippen LogP contribution in [0.3, 0.4) is 0 Å². The summed E-state index contributed by atoms with van der Waals surface area (Å²) >= 11 is 3.24. The van der Waals surface area contributed by atoms with Crippen LogP contribution in [0.4, 0.5) is 5.82 Å². The standard InChI is InChI=1S/C18H20BrN9O5/c1-31-13-7-10(6-11(19)15(13)29)8-21-23-18(30)14-12(9-27-2-4-32-5-3-27)22-26-28(14)17-16(20)24-33-25-17/h6-8,29H,2-5,9H2,1H3,(H2,20,24)(H,23,30)/b21-8-. The van der Waals surface area contributed by atoms with Gasteiger partial charge >= 0.3 is 0 Å². The zero-order valence-electron chi connectivity index (χ0n) is 17.4. The van der Waals surface area contributed by atoms with E-state index in [1.807, 2.05) is 0 Å². The van der Waals surface area contributed by atoms with Gasteiger partial charge in [-0.2, -0.15) is 9.78 Å². The molecule has 0 unspecified atom stereocenters. The summed E-state index contributed by atoms with van der Waals surface area (Å²) in [7, 11) is 1.43. The number of phenolic OH excluding ortho intramolecular Hbond substituents is 1. The van der Waals surface area contributed by atoms with E-state index in [0.29, 0.717) is 48.6 Å². The first kappa shape index (κ1) is 22.6. The molecule has 1 aromatic carbocycles. The molecule has 1 aliphatic rings. The molecule has 14 nitrogen and oxygen atoms in total. The summed E-state index contributed by atoms with van der Waals surface area (Å²) in [6.45, 7) is 2.93. The van der Waals surface area contributed by atoms with E-state index in [2.05, 4.69) is 56.6 Å². The number of carbonyl (C=O) groups is 1. The number of halogens is 1. The highest BCUT2D eigenvalue weighted by Gasteiger charge is 2.26. The fourth-order valence-corrected chi connectivity index (χ4v) is 3.61. The van der Waals surface area contributed by atoms with Crippen LogP contribution in [0.25, 0.3) is 5.82 Å². The number of methoxy groups -OCH3 is 1. The van der Waals surface area contributed by atoms with Gasteiger partial charge in [-0.05, 0) is 43.9 Å². The lowest BCUT2D eigenvalue weighted by molar-refractivity contribution is 0.0335. The molecule has 1 fully saturated rings. The maximum Gasteiger partial charge on any atom is 0.292 e. The number of benzene rings is 1. The third-order valence-corrected chi connectivity index (χ3v) is 5.38. The van der Waals surface area contributed by atoms with Crippen molar-refractivity contribution < 1.29 is 24.0 Å². The smallest absolute Gasteiger partial charge is 0.292 e. The molecular formula is C18H20BrN9O5. The van der Waals surface area contributed by atoms with Crippen molar-refractivity contribution in [3.63, 3.8) is 0 Å². The lowest BCUT2D eigenvalue weighted by Gasteiger charge is -2.25. The van der Waals surface area contributed by atoms with Crippen LogP contribution in [0.2, 0.25) is 0 Å². The zero-order valence-corrected chi connectivity index (χ0v) is 19.0. The van der Waals surface area contributed by atoms with Crippen LogP contribution in [0, 0.1) is 0 Å². The molecule has 0 radical (unpaired) electrons. The van der Waals surface area contributed by atoms with Gasteiger partial charge in [-0.15, -0.1) is 5.10 Å². The predicted octanol–water partition coefficient (Wildman–Crippen LogP) is 0.305. The molecule has 2 aromatic heterocycles. The minimum atomic E-state index is -0.591. The first-order valence-corrected chi connectivity index (χ1v) is 10.5. The summed E-state index contributed by atoms with van der Waals surface area (Å²) < 4.78 is 16.7. The molecule has 0 spiro atoms. The van der Waals surface area contributed by atoms with Crippen molar-refractivity contribution in [2.75, 3.05) is 39.1 Å². The Kier molecular flexibility index (Phi) is 6.81. The van der Waals surface area contributed by atoms with Crippen molar-refractivity contribution in [3.8, 4) is 17.3 Å². The summed E-state index contributed by atoms with van der Waals surface area (Å²) in [4.78, 5) is 15.2. The number of carbonyl (C=O) groups excluding carboxylic acids is 1. The van der Waals surface area contributed by atoms with Gasteiger partial charge in [0.2, 0.25) is 11.6 Å². The van der Waals surface area contributed by atoms with E-state index < -0.39 is 5.91 Å². The van der Waals surface area contributed by atoms with Gasteiger partial charge in [0.05, 0.1) is 31.0 Å². The molecule has 0 saturated carbocycles. The number of phenols is 1. The summed E-state index contributed by atoms with van der Waals surface area (Å²) in [6.07, 6.45) is 1.40. The highest BCUT2D eigenvalue weighted by molar-refractivity contribution is 9.10. The molecule has 1 saturated heterocycles. The van der Waals surface area contributed by atoms with Crippen LogP contribution in [-0.4, -0.2) is 80.8 Å². The number of amides is 1. The highest BCUT2D eigenvalue weighted by atomic mass is 79.9. The molecule has 3 aromatic rings. The lowest BCUT2D eigenvalue weighted by atomic mass is 10.2. The number of hydrogen-bond acceptors (Lipinski definition) is 12. The number of hydrogen-bond donors (Lipinski definition) is 3. The van der Waals surface area contributed by atoms with Gasteiger partial charge in [0.1, 0.15) is 5.69 Å². The molecular weight excluding hydrogens is 502 g/mol. The first-order valence-electron chi connectivity index (χ1n) is 9.71. The number of nitrogens with one attached hydrogen (secondary N) is 1. The predicted molar refractivity (Wildman–Crippen MR) is 117 cm³/mol. The average molecular weight is 522 g/mol. The van der Waals surface area contributed by atoms with E-state index in [4.69, 9.17) is 15.2 Å². The van der Waals surface area contributed by atoms with Gasteiger partial charge in [-0.25, -0.2) is 10.1 Å². The Balaban J connectivity index is 1.59. The number of nitrogens with two attached hydrogens (primary N) is 1. The molecule has 0 atom stereocenters. The van der Waals surface area contributed by atoms with E-state index in [1.54, 1.807) is 12.1 Å². The fourth-order valence-electron chi connectivity index (χ4n) is 3.15. The number of hydrazone groups is 1. The van der Waals surface area contributed by atoms with Crippen molar-refractivity contribution in [1.82, 2.24) is 35.6 Å². The quantitative estimate of drug-likeness (QED) is 0.287. The maximum absolute atomic E-state index is 13.1. The highest BCUT2D eigenvalue weighted by Crippen LogP contribution is 2.34. The minimum absolute atomic E-state index is 0.0389. The summed E-state index contributed by atoms with van der Waals surface area (Å²) in [6, 6.07) is 3.18. The van der Waals surface area contributed by atoms with Gasteiger partial charge in [0.25, 0.3) is 5.91 Å². The summed E-state index contributed by atoms with van der Waals surface area (Å²) in [5.74, 6) is -0.387. The second kappa shape index (κ2) is 9.93. The van der Waals surface area contributed by atoms with E-state index >= 15 is 0 Å². The topological polar surface area (TPSA) is 179 Å². The van der Waals surface area contributed by atoms with Crippen molar-refractivity contribution in [2.45, 2.75) is 6.54 Å². The van der Waals surface area contributed by atoms with Crippen molar-refractivity contribution in [1.29, 1.82) is 0 Å². The van der Waals surface area contributed by atoms with Crippen LogP contribution < -0.4 is 15.9 Å². The molecule has 3 heterocycles. The average Bonchev–Trinajstić information content (AvgIpc) is 3.42. The SMILES string of the molecule is COc1cc(/C=N\NC(=O)c2c(CN3CCOCC3)nnn2-c2nonc2N)cc(Br)c1O. The van der Waals surface area contributed by atoms with E-state index in [-0.39, 0.29) is 28.8 Å². The molecule has 1 amide bonds. The van der Waals surface area contributed by atoms with Crippen LogP contribution in [0.1, 0.15) is 21.7 Å². The number of aromatic nitrogens is 5. The van der Waals surface area contributed by atoms with Gasteiger partial charge in [0.15, 0.2) is 17.2 Å².